The molecule has 1 fully saturated rings. The van der Waals surface area contributed by atoms with E-state index < -0.39 is 0 Å². The minimum Gasteiger partial charge on any atom is -0.349 e. The minimum atomic E-state index is 0.168. The predicted octanol–water partition coefficient (Wildman–Crippen LogP) is 3.35. The molecule has 0 spiro atoms. The van der Waals surface area contributed by atoms with Crippen molar-refractivity contribution in [1.29, 1.82) is 0 Å². The molecule has 6 heteroatoms. The van der Waals surface area contributed by atoms with Crippen molar-refractivity contribution in [3.8, 4) is 11.3 Å². The van der Waals surface area contributed by atoms with Gasteiger partial charge in [0.05, 0.1) is 17.9 Å². The zero-order chi connectivity index (χ0) is 17.1. The Hall–Kier alpha value is -1.85. The van der Waals surface area contributed by atoms with Crippen molar-refractivity contribution in [3.05, 3.63) is 41.3 Å². The van der Waals surface area contributed by atoms with Gasteiger partial charge in [0.25, 0.3) is 0 Å². The number of nitrogens with zero attached hydrogens (tertiary/aromatic N) is 3. The lowest BCUT2D eigenvalue weighted by Gasteiger charge is -2.23. The van der Waals surface area contributed by atoms with Crippen molar-refractivity contribution in [2.24, 2.45) is 0 Å². The largest absolute Gasteiger partial charge is 0.349 e. The van der Waals surface area contributed by atoms with Gasteiger partial charge in [-0.25, -0.2) is 4.98 Å². The summed E-state index contributed by atoms with van der Waals surface area (Å²) < 4.78 is 0. The van der Waals surface area contributed by atoms with E-state index in [1.54, 1.807) is 19.0 Å². The monoisotopic (exact) mass is 346 g/mol. The first-order chi connectivity index (χ1) is 11.5. The standard InChI is InChI=1S/C18H23ClN4O/c1-22(2)17(24)9-11-23-10-3-4-16(23)18-20-12-15(21-18)13-5-7-14(19)8-6-13/h5-8,12,16H,3-4,9-11H2,1-2H3,(H,20,21). The lowest BCUT2D eigenvalue weighted by Crippen LogP contribution is -2.30. The highest BCUT2D eigenvalue weighted by Gasteiger charge is 2.28. The number of benzene rings is 1. The zero-order valence-corrected chi connectivity index (χ0v) is 14.9. The maximum Gasteiger partial charge on any atom is 0.223 e. The van der Waals surface area contributed by atoms with Gasteiger partial charge < -0.3 is 9.88 Å². The molecule has 2 aromatic rings. The maximum absolute atomic E-state index is 11.8. The molecule has 0 bridgehead atoms. The Labute approximate surface area is 147 Å². The molecule has 1 unspecified atom stereocenters. The normalized spacial score (nSPS) is 18.0. The number of imidazole rings is 1. The van der Waals surface area contributed by atoms with E-state index in [0.717, 1.165) is 48.0 Å². The lowest BCUT2D eigenvalue weighted by atomic mass is 10.2. The summed E-state index contributed by atoms with van der Waals surface area (Å²) in [6.07, 6.45) is 4.63. The lowest BCUT2D eigenvalue weighted by molar-refractivity contribution is -0.129. The van der Waals surface area contributed by atoms with Gasteiger partial charge >= 0.3 is 0 Å². The van der Waals surface area contributed by atoms with Crippen molar-refractivity contribution >= 4 is 17.5 Å². The van der Waals surface area contributed by atoms with Crippen LogP contribution in [-0.4, -0.2) is 52.9 Å². The van der Waals surface area contributed by atoms with Crippen LogP contribution in [0.4, 0.5) is 0 Å². The quantitative estimate of drug-likeness (QED) is 0.903. The third-order valence-electron chi connectivity index (χ3n) is 4.54. The predicted molar refractivity (Wildman–Crippen MR) is 95.9 cm³/mol. The number of amides is 1. The van der Waals surface area contributed by atoms with Crippen LogP contribution in [0.25, 0.3) is 11.3 Å². The number of nitrogens with one attached hydrogen (secondary N) is 1. The smallest absolute Gasteiger partial charge is 0.223 e. The van der Waals surface area contributed by atoms with Crippen LogP contribution < -0.4 is 0 Å². The number of hydrogen-bond donors (Lipinski definition) is 1. The average Bonchev–Trinajstić information content (AvgIpc) is 3.22. The summed E-state index contributed by atoms with van der Waals surface area (Å²) in [6.45, 7) is 1.79. The van der Waals surface area contributed by atoms with Crippen molar-refractivity contribution < 1.29 is 4.79 Å². The Morgan fingerprint density at radius 3 is 2.83 bits per heavy atom. The van der Waals surface area contributed by atoms with Crippen molar-refractivity contribution in [2.75, 3.05) is 27.2 Å². The highest BCUT2D eigenvalue weighted by atomic mass is 35.5. The second-order valence-electron chi connectivity index (χ2n) is 6.42. The summed E-state index contributed by atoms with van der Waals surface area (Å²) in [4.78, 5) is 23.9. The summed E-state index contributed by atoms with van der Waals surface area (Å²) in [5, 5.41) is 0.728. The number of aromatic nitrogens is 2. The molecule has 0 saturated carbocycles. The van der Waals surface area contributed by atoms with E-state index in [2.05, 4.69) is 14.9 Å². The van der Waals surface area contributed by atoms with Crippen LogP contribution in [0.2, 0.25) is 5.02 Å². The van der Waals surface area contributed by atoms with Crippen LogP contribution >= 0.6 is 11.6 Å². The molecule has 1 amide bonds. The van der Waals surface area contributed by atoms with E-state index in [4.69, 9.17) is 11.6 Å². The third-order valence-corrected chi connectivity index (χ3v) is 4.79. The van der Waals surface area contributed by atoms with E-state index in [-0.39, 0.29) is 11.9 Å². The molecule has 1 aliphatic rings. The van der Waals surface area contributed by atoms with Crippen molar-refractivity contribution in [3.63, 3.8) is 0 Å². The van der Waals surface area contributed by atoms with Gasteiger partial charge in [0, 0.05) is 32.1 Å². The molecule has 3 rings (SSSR count). The molecule has 5 nitrogen and oxygen atoms in total. The van der Waals surface area contributed by atoms with Crippen LogP contribution in [-0.2, 0) is 4.79 Å². The Balaban J connectivity index is 1.69. The van der Waals surface area contributed by atoms with Crippen LogP contribution in [0.3, 0.4) is 0 Å². The first-order valence-electron chi connectivity index (χ1n) is 8.29. The molecular weight excluding hydrogens is 324 g/mol. The molecule has 24 heavy (non-hydrogen) atoms. The van der Waals surface area contributed by atoms with Crippen LogP contribution in [0.15, 0.2) is 30.5 Å². The molecule has 2 heterocycles. The van der Waals surface area contributed by atoms with Gasteiger partial charge in [0.1, 0.15) is 5.82 Å². The van der Waals surface area contributed by atoms with Gasteiger partial charge in [0.15, 0.2) is 0 Å². The Morgan fingerprint density at radius 1 is 1.38 bits per heavy atom. The first-order valence-corrected chi connectivity index (χ1v) is 8.67. The number of carbonyl (C=O) groups excluding carboxylic acids is 1. The van der Waals surface area contributed by atoms with Crippen molar-refractivity contribution in [1.82, 2.24) is 19.8 Å². The Bertz CT molecular complexity index is 695. The van der Waals surface area contributed by atoms with Gasteiger partial charge in [0.2, 0.25) is 5.91 Å². The molecule has 1 N–H and O–H groups in total. The highest BCUT2D eigenvalue weighted by Crippen LogP contribution is 2.31. The van der Waals surface area contributed by atoms with Crippen molar-refractivity contribution in [2.45, 2.75) is 25.3 Å². The van der Waals surface area contributed by atoms with E-state index in [9.17, 15) is 4.79 Å². The second-order valence-corrected chi connectivity index (χ2v) is 6.86. The number of H-pyrrole nitrogens is 1. The number of rotatable bonds is 5. The maximum atomic E-state index is 11.8. The van der Waals surface area contributed by atoms with Crippen LogP contribution in [0, 0.1) is 0 Å². The SMILES string of the molecule is CN(C)C(=O)CCN1CCCC1c1ncc(-c2ccc(Cl)cc2)[nH]1. The number of likely N-dealkylation sites (tertiary alicyclic amines) is 1. The fraction of sp³-hybridized carbons (Fsp3) is 0.444. The Morgan fingerprint density at radius 2 is 2.12 bits per heavy atom. The highest BCUT2D eigenvalue weighted by molar-refractivity contribution is 6.30. The topological polar surface area (TPSA) is 52.2 Å². The summed E-state index contributed by atoms with van der Waals surface area (Å²) >= 11 is 5.95. The van der Waals surface area contributed by atoms with Gasteiger partial charge in [-0.3, -0.25) is 9.69 Å². The van der Waals surface area contributed by atoms with E-state index in [1.165, 1.54) is 0 Å². The molecule has 1 aromatic carbocycles. The van der Waals surface area contributed by atoms with Gasteiger partial charge in [-0.2, -0.15) is 0 Å². The van der Waals surface area contributed by atoms with Gasteiger partial charge in [-0.05, 0) is 37.1 Å². The van der Waals surface area contributed by atoms with E-state index in [1.807, 2.05) is 30.5 Å². The van der Waals surface area contributed by atoms with E-state index >= 15 is 0 Å². The fourth-order valence-corrected chi connectivity index (χ4v) is 3.27. The minimum absolute atomic E-state index is 0.168. The van der Waals surface area contributed by atoms with E-state index in [0.29, 0.717) is 6.42 Å². The average molecular weight is 347 g/mol. The van der Waals surface area contributed by atoms with Gasteiger partial charge in [-0.1, -0.05) is 23.7 Å². The molecule has 0 aliphatic carbocycles. The summed E-state index contributed by atoms with van der Waals surface area (Å²) in [5.74, 6) is 1.15. The second kappa shape index (κ2) is 7.36. The van der Waals surface area contributed by atoms with Crippen LogP contribution in [0.5, 0.6) is 0 Å². The molecule has 1 atom stereocenters. The molecule has 128 valence electrons. The number of carbonyl (C=O) groups is 1. The van der Waals surface area contributed by atoms with Crippen LogP contribution in [0.1, 0.15) is 31.1 Å². The first kappa shape index (κ1) is 17.0. The molecule has 0 radical (unpaired) electrons. The summed E-state index contributed by atoms with van der Waals surface area (Å²) in [6, 6.07) is 8.00. The molecule has 1 aromatic heterocycles. The molecular formula is C18H23ClN4O. The summed E-state index contributed by atoms with van der Waals surface area (Å²) in [7, 11) is 3.60. The van der Waals surface area contributed by atoms with Gasteiger partial charge in [-0.15, -0.1) is 0 Å². The third kappa shape index (κ3) is 3.79. The Kier molecular flexibility index (Phi) is 5.21. The molecule has 1 saturated heterocycles. The fourth-order valence-electron chi connectivity index (χ4n) is 3.15. The number of halogens is 1. The number of aromatic amines is 1. The number of hydrogen-bond acceptors (Lipinski definition) is 3. The summed E-state index contributed by atoms with van der Waals surface area (Å²) in [5.41, 5.74) is 2.07. The zero-order valence-electron chi connectivity index (χ0n) is 14.1. The molecule has 1 aliphatic heterocycles.